The minimum absolute atomic E-state index is 0.165. The average molecular weight is 498 g/mol. The summed E-state index contributed by atoms with van der Waals surface area (Å²) >= 11 is 0. The molecule has 8 heteroatoms. The zero-order chi connectivity index (χ0) is 26.1. The van der Waals surface area contributed by atoms with E-state index in [9.17, 15) is 18.8 Å². The number of amides is 1. The zero-order valence-electron chi connectivity index (χ0n) is 21.3. The second kappa shape index (κ2) is 13.3. The molecule has 3 rings (SSSR count). The second-order valence-corrected chi connectivity index (χ2v) is 9.56. The number of halogens is 1. The number of aryl methyl sites for hydroxylation is 1. The fourth-order valence-electron chi connectivity index (χ4n) is 4.77. The van der Waals surface area contributed by atoms with Crippen LogP contribution in [0.15, 0.2) is 36.4 Å². The molecule has 7 nitrogen and oxygen atoms in total. The highest BCUT2D eigenvalue weighted by atomic mass is 19.1. The van der Waals surface area contributed by atoms with Crippen LogP contribution < -0.4 is 5.32 Å². The molecule has 1 amide bonds. The summed E-state index contributed by atoms with van der Waals surface area (Å²) in [4.78, 5) is 37.8. The Morgan fingerprint density at radius 2 is 1.92 bits per heavy atom. The first kappa shape index (κ1) is 27.5. The van der Waals surface area contributed by atoms with Gasteiger partial charge in [0.1, 0.15) is 18.4 Å². The van der Waals surface area contributed by atoms with Crippen LogP contribution in [0.25, 0.3) is 0 Å². The normalized spacial score (nSPS) is 18.9. The van der Waals surface area contributed by atoms with Crippen LogP contribution in [0.5, 0.6) is 0 Å². The van der Waals surface area contributed by atoms with E-state index in [2.05, 4.69) is 24.1 Å². The standard InChI is InChI=1S/C28H36FN3O4/c1-20-6-4-8-28(26(20)17-32(19-35)25(18-34)7-5-11-33)30-13-24-12-23(9-10-27(24)29)16-31-14-21(2)36-22(3)15-31/h4,6,8-12,18-19,21-22,25,30H,5,7,13-17H2,1-3H3. The van der Waals surface area contributed by atoms with Gasteiger partial charge in [0.25, 0.3) is 0 Å². The van der Waals surface area contributed by atoms with Gasteiger partial charge in [-0.1, -0.05) is 18.2 Å². The molecule has 1 saturated heterocycles. The molecule has 3 unspecified atom stereocenters. The Kier molecular flexibility index (Phi) is 10.1. The van der Waals surface area contributed by atoms with Crippen molar-refractivity contribution in [2.75, 3.05) is 18.4 Å². The smallest absolute Gasteiger partial charge is 0.210 e. The van der Waals surface area contributed by atoms with Gasteiger partial charge in [-0.15, -0.1) is 0 Å². The Morgan fingerprint density at radius 1 is 1.17 bits per heavy atom. The SMILES string of the molecule is Cc1cccc(NCc2cc(CN3CC(C)OC(C)C3)ccc2F)c1CN(C=O)C(C=O)CCC=O. The van der Waals surface area contributed by atoms with E-state index < -0.39 is 6.04 Å². The predicted octanol–water partition coefficient (Wildman–Crippen LogP) is 3.86. The van der Waals surface area contributed by atoms with Crippen LogP contribution in [0.1, 0.15) is 48.9 Å². The lowest BCUT2D eigenvalue weighted by molar-refractivity contribution is -0.126. The fourth-order valence-corrected chi connectivity index (χ4v) is 4.77. The molecule has 0 aromatic heterocycles. The van der Waals surface area contributed by atoms with Gasteiger partial charge in [-0.05, 0) is 62.1 Å². The maximum Gasteiger partial charge on any atom is 0.210 e. The van der Waals surface area contributed by atoms with Crippen molar-refractivity contribution < 1.29 is 23.5 Å². The van der Waals surface area contributed by atoms with E-state index in [0.717, 1.165) is 48.3 Å². The van der Waals surface area contributed by atoms with Gasteiger partial charge in [-0.3, -0.25) is 9.69 Å². The minimum Gasteiger partial charge on any atom is -0.381 e. The molecule has 0 spiro atoms. The third-order valence-corrected chi connectivity index (χ3v) is 6.53. The van der Waals surface area contributed by atoms with E-state index in [1.807, 2.05) is 37.3 Å². The minimum atomic E-state index is -0.681. The number of hydrogen-bond acceptors (Lipinski definition) is 6. The molecule has 0 bridgehead atoms. The monoisotopic (exact) mass is 497 g/mol. The number of nitrogens with zero attached hydrogens (tertiary/aromatic N) is 2. The number of hydrogen-bond donors (Lipinski definition) is 1. The Morgan fingerprint density at radius 3 is 2.58 bits per heavy atom. The van der Waals surface area contributed by atoms with Crippen molar-refractivity contribution in [2.24, 2.45) is 0 Å². The lowest BCUT2D eigenvalue weighted by atomic mass is 10.0. The van der Waals surface area contributed by atoms with E-state index in [-0.39, 0.29) is 44.0 Å². The van der Waals surface area contributed by atoms with Gasteiger partial charge in [0, 0.05) is 50.4 Å². The van der Waals surface area contributed by atoms with E-state index in [1.165, 1.54) is 11.0 Å². The molecule has 0 radical (unpaired) electrons. The third kappa shape index (κ3) is 7.45. The number of rotatable bonds is 13. The summed E-state index contributed by atoms with van der Waals surface area (Å²) in [5.74, 6) is -0.284. The van der Waals surface area contributed by atoms with Crippen LogP contribution in [0.2, 0.25) is 0 Å². The molecule has 1 heterocycles. The number of anilines is 1. The van der Waals surface area contributed by atoms with E-state index in [4.69, 9.17) is 4.74 Å². The number of ether oxygens (including phenoxy) is 1. The maximum atomic E-state index is 14.7. The maximum absolute atomic E-state index is 14.7. The Hall–Kier alpha value is -3.10. The summed E-state index contributed by atoms with van der Waals surface area (Å²) in [6, 6.07) is 10.2. The number of aldehydes is 2. The summed E-state index contributed by atoms with van der Waals surface area (Å²) in [7, 11) is 0. The number of benzene rings is 2. The van der Waals surface area contributed by atoms with Gasteiger partial charge >= 0.3 is 0 Å². The van der Waals surface area contributed by atoms with Gasteiger partial charge in [-0.2, -0.15) is 0 Å². The van der Waals surface area contributed by atoms with E-state index in [0.29, 0.717) is 18.3 Å². The van der Waals surface area contributed by atoms with Crippen LogP contribution in [-0.4, -0.2) is 60.1 Å². The zero-order valence-corrected chi connectivity index (χ0v) is 21.3. The molecule has 36 heavy (non-hydrogen) atoms. The van der Waals surface area contributed by atoms with Crippen molar-refractivity contribution in [3.63, 3.8) is 0 Å². The first-order chi connectivity index (χ1) is 17.3. The Bertz CT molecular complexity index is 1040. The summed E-state index contributed by atoms with van der Waals surface area (Å²) in [5, 5.41) is 3.33. The summed E-state index contributed by atoms with van der Waals surface area (Å²) in [5.41, 5.74) is 4.14. The van der Waals surface area contributed by atoms with Crippen molar-refractivity contribution >= 4 is 24.7 Å². The number of morpholine rings is 1. The van der Waals surface area contributed by atoms with Gasteiger partial charge in [-0.25, -0.2) is 4.39 Å². The number of nitrogens with one attached hydrogen (secondary N) is 1. The van der Waals surface area contributed by atoms with Crippen molar-refractivity contribution in [2.45, 2.75) is 71.5 Å². The van der Waals surface area contributed by atoms with Crippen molar-refractivity contribution in [1.82, 2.24) is 9.80 Å². The highest BCUT2D eigenvalue weighted by Gasteiger charge is 2.22. The average Bonchev–Trinajstić information content (AvgIpc) is 2.84. The molecule has 1 aliphatic heterocycles. The highest BCUT2D eigenvalue weighted by molar-refractivity contribution is 5.66. The Balaban J connectivity index is 1.73. The van der Waals surface area contributed by atoms with E-state index >= 15 is 0 Å². The van der Waals surface area contributed by atoms with Crippen LogP contribution >= 0.6 is 0 Å². The summed E-state index contributed by atoms with van der Waals surface area (Å²) in [6.07, 6.45) is 2.88. The molecule has 1 fully saturated rings. The molecule has 1 aliphatic rings. The van der Waals surface area contributed by atoms with E-state index in [1.54, 1.807) is 0 Å². The molecular formula is C28H36FN3O4. The van der Waals surface area contributed by atoms with Crippen molar-refractivity contribution in [1.29, 1.82) is 0 Å². The summed E-state index contributed by atoms with van der Waals surface area (Å²) < 4.78 is 20.5. The lowest BCUT2D eigenvalue weighted by Gasteiger charge is -2.35. The topological polar surface area (TPSA) is 79.0 Å². The number of carbonyl (C=O) groups excluding carboxylic acids is 3. The number of carbonyl (C=O) groups is 3. The molecule has 194 valence electrons. The molecule has 1 N–H and O–H groups in total. The highest BCUT2D eigenvalue weighted by Crippen LogP contribution is 2.24. The van der Waals surface area contributed by atoms with Gasteiger partial charge in [0.2, 0.25) is 6.41 Å². The molecule has 0 aliphatic carbocycles. The molecule has 2 aromatic carbocycles. The molecule has 2 aromatic rings. The first-order valence-electron chi connectivity index (χ1n) is 12.4. The lowest BCUT2D eigenvalue weighted by Crippen LogP contribution is -2.44. The second-order valence-electron chi connectivity index (χ2n) is 9.56. The third-order valence-electron chi connectivity index (χ3n) is 6.53. The molecule has 3 atom stereocenters. The molecule has 0 saturated carbocycles. The van der Waals surface area contributed by atoms with Crippen LogP contribution in [-0.2, 0) is 38.8 Å². The van der Waals surface area contributed by atoms with Crippen LogP contribution in [0, 0.1) is 12.7 Å². The van der Waals surface area contributed by atoms with Crippen LogP contribution in [0.4, 0.5) is 10.1 Å². The largest absolute Gasteiger partial charge is 0.381 e. The van der Waals surface area contributed by atoms with Crippen molar-refractivity contribution in [3.8, 4) is 0 Å². The fraction of sp³-hybridized carbons (Fsp3) is 0.464. The Labute approximate surface area is 212 Å². The summed E-state index contributed by atoms with van der Waals surface area (Å²) in [6.45, 7) is 8.93. The van der Waals surface area contributed by atoms with Gasteiger partial charge in [0.15, 0.2) is 0 Å². The first-order valence-corrected chi connectivity index (χ1v) is 12.4. The van der Waals surface area contributed by atoms with Crippen LogP contribution in [0.3, 0.4) is 0 Å². The van der Waals surface area contributed by atoms with Crippen molar-refractivity contribution in [3.05, 3.63) is 64.5 Å². The quantitative estimate of drug-likeness (QED) is 0.424. The van der Waals surface area contributed by atoms with Gasteiger partial charge < -0.3 is 24.5 Å². The predicted molar refractivity (Wildman–Crippen MR) is 137 cm³/mol. The van der Waals surface area contributed by atoms with Gasteiger partial charge in [0.05, 0.1) is 18.2 Å². The molecular weight excluding hydrogens is 461 g/mol.